The van der Waals surface area contributed by atoms with Crippen LogP contribution in [0.2, 0.25) is 0 Å². The molecule has 0 aliphatic carbocycles. The summed E-state index contributed by atoms with van der Waals surface area (Å²) in [6.07, 6.45) is 0. The monoisotopic (exact) mass is 350 g/mol. The van der Waals surface area contributed by atoms with Crippen LogP contribution in [0.3, 0.4) is 0 Å². The topological polar surface area (TPSA) is 55.0 Å². The van der Waals surface area contributed by atoms with Crippen LogP contribution in [-0.4, -0.2) is 17.1 Å². The van der Waals surface area contributed by atoms with Gasteiger partial charge in [-0.1, -0.05) is 39.0 Å². The van der Waals surface area contributed by atoms with Gasteiger partial charge >= 0.3 is 0 Å². The Morgan fingerprint density at radius 2 is 2.05 bits per heavy atom. The third-order valence-corrected chi connectivity index (χ3v) is 3.82. The molecule has 0 unspecified atom stereocenters. The second-order valence-electron chi connectivity index (χ2n) is 5.96. The molecule has 2 aromatic rings. The highest BCUT2D eigenvalue weighted by atomic mass is 79.9. The Balaban J connectivity index is 2.57. The number of rotatable bonds is 3. The normalized spacial score (nSPS) is 11.7. The van der Waals surface area contributed by atoms with E-state index in [0.29, 0.717) is 16.9 Å². The summed E-state index contributed by atoms with van der Waals surface area (Å²) in [6.45, 7) is 6.63. The highest BCUT2D eigenvalue weighted by molar-refractivity contribution is 9.10. The molecule has 0 spiro atoms. The Morgan fingerprint density at radius 1 is 1.33 bits per heavy atom. The molecule has 1 aromatic heterocycles. The van der Waals surface area contributed by atoms with E-state index in [2.05, 4.69) is 25.9 Å². The number of H-pyrrole nitrogens is 1. The van der Waals surface area contributed by atoms with Crippen LogP contribution in [0.4, 0.5) is 0 Å². The van der Waals surface area contributed by atoms with E-state index in [1.807, 2.05) is 45.0 Å². The van der Waals surface area contributed by atoms with Crippen LogP contribution in [0.15, 0.2) is 33.5 Å². The molecule has 2 rings (SSSR count). The van der Waals surface area contributed by atoms with Gasteiger partial charge in [0.25, 0.3) is 5.56 Å². The van der Waals surface area contributed by atoms with Crippen LogP contribution >= 0.6 is 15.9 Å². The van der Waals surface area contributed by atoms with Gasteiger partial charge in [0.2, 0.25) is 0 Å². The highest BCUT2D eigenvalue weighted by Crippen LogP contribution is 2.27. The van der Waals surface area contributed by atoms with Gasteiger partial charge in [0, 0.05) is 18.1 Å². The molecule has 1 aromatic carbocycles. The van der Waals surface area contributed by atoms with E-state index in [0.717, 1.165) is 16.8 Å². The molecule has 0 saturated heterocycles. The summed E-state index contributed by atoms with van der Waals surface area (Å²) in [6, 6.07) is 7.82. The third-order valence-electron chi connectivity index (χ3n) is 3.08. The SMILES string of the molecule is COCc1cccc(-c2nc(C(C)(C)C)c(Br)c(=O)[nH]2)c1. The van der Waals surface area contributed by atoms with Gasteiger partial charge in [-0.15, -0.1) is 0 Å². The van der Waals surface area contributed by atoms with Crippen LogP contribution in [-0.2, 0) is 16.8 Å². The van der Waals surface area contributed by atoms with Crippen molar-refractivity contribution in [2.24, 2.45) is 0 Å². The average Bonchev–Trinajstić information content (AvgIpc) is 2.41. The number of benzene rings is 1. The summed E-state index contributed by atoms with van der Waals surface area (Å²) >= 11 is 3.34. The minimum atomic E-state index is -0.216. The van der Waals surface area contributed by atoms with E-state index in [9.17, 15) is 4.79 Å². The zero-order valence-corrected chi connectivity index (χ0v) is 14.2. The molecule has 0 aliphatic rings. The Bertz CT molecular complexity index is 702. The number of hydrogen-bond donors (Lipinski definition) is 1. The molecule has 1 heterocycles. The lowest BCUT2D eigenvalue weighted by Crippen LogP contribution is -2.22. The molecule has 0 radical (unpaired) electrons. The number of nitrogens with one attached hydrogen (secondary N) is 1. The van der Waals surface area contributed by atoms with Gasteiger partial charge in [-0.25, -0.2) is 4.98 Å². The maximum Gasteiger partial charge on any atom is 0.265 e. The predicted octanol–water partition coefficient (Wildman–Crippen LogP) is 3.64. The Kier molecular flexibility index (Phi) is 4.64. The van der Waals surface area contributed by atoms with Crippen LogP contribution in [0.1, 0.15) is 32.0 Å². The molecule has 1 N–H and O–H groups in total. The van der Waals surface area contributed by atoms with E-state index < -0.39 is 0 Å². The fourth-order valence-electron chi connectivity index (χ4n) is 2.07. The first kappa shape index (κ1) is 15.9. The van der Waals surface area contributed by atoms with Crippen molar-refractivity contribution >= 4 is 15.9 Å². The molecule has 0 aliphatic heterocycles. The van der Waals surface area contributed by atoms with E-state index in [-0.39, 0.29) is 11.0 Å². The van der Waals surface area contributed by atoms with Crippen molar-refractivity contribution < 1.29 is 4.74 Å². The number of aromatic amines is 1. The fraction of sp³-hybridized carbons (Fsp3) is 0.375. The first-order valence-electron chi connectivity index (χ1n) is 6.71. The summed E-state index contributed by atoms with van der Waals surface area (Å²) in [7, 11) is 1.66. The lowest BCUT2D eigenvalue weighted by molar-refractivity contribution is 0.185. The van der Waals surface area contributed by atoms with E-state index in [1.165, 1.54) is 0 Å². The maximum atomic E-state index is 12.1. The van der Waals surface area contributed by atoms with Gasteiger partial charge in [-0.3, -0.25) is 4.79 Å². The number of ether oxygens (including phenoxy) is 1. The van der Waals surface area contributed by atoms with Crippen LogP contribution in [0.25, 0.3) is 11.4 Å². The van der Waals surface area contributed by atoms with Crippen LogP contribution < -0.4 is 5.56 Å². The van der Waals surface area contributed by atoms with Gasteiger partial charge in [-0.05, 0) is 27.6 Å². The Labute approximate surface area is 132 Å². The Morgan fingerprint density at radius 3 is 2.67 bits per heavy atom. The summed E-state index contributed by atoms with van der Waals surface area (Å²) in [5.41, 5.74) is 2.28. The van der Waals surface area contributed by atoms with Crippen LogP contribution in [0, 0.1) is 0 Å². The minimum absolute atomic E-state index is 0.165. The molecule has 0 fully saturated rings. The smallest absolute Gasteiger partial charge is 0.265 e. The van der Waals surface area contributed by atoms with Gasteiger partial charge < -0.3 is 9.72 Å². The van der Waals surface area contributed by atoms with E-state index in [1.54, 1.807) is 7.11 Å². The van der Waals surface area contributed by atoms with Crippen molar-refractivity contribution in [1.82, 2.24) is 9.97 Å². The number of methoxy groups -OCH3 is 1. The quantitative estimate of drug-likeness (QED) is 0.919. The van der Waals surface area contributed by atoms with Crippen LogP contribution in [0.5, 0.6) is 0 Å². The largest absolute Gasteiger partial charge is 0.380 e. The zero-order chi connectivity index (χ0) is 15.6. The lowest BCUT2D eigenvalue weighted by atomic mass is 9.92. The second kappa shape index (κ2) is 6.12. The lowest BCUT2D eigenvalue weighted by Gasteiger charge is -2.19. The first-order valence-corrected chi connectivity index (χ1v) is 7.51. The molecule has 0 atom stereocenters. The molecule has 5 heteroatoms. The summed E-state index contributed by atoms with van der Waals surface area (Å²) in [5.74, 6) is 0.575. The molecule has 112 valence electrons. The molecular weight excluding hydrogens is 332 g/mol. The maximum absolute atomic E-state index is 12.1. The average molecular weight is 351 g/mol. The Hall–Kier alpha value is -1.46. The number of nitrogens with zero attached hydrogens (tertiary/aromatic N) is 1. The second-order valence-corrected chi connectivity index (χ2v) is 6.75. The van der Waals surface area contributed by atoms with Crippen molar-refractivity contribution in [2.45, 2.75) is 32.8 Å². The van der Waals surface area contributed by atoms with Gasteiger partial charge in [-0.2, -0.15) is 0 Å². The van der Waals surface area contributed by atoms with Crippen molar-refractivity contribution in [2.75, 3.05) is 7.11 Å². The molecule has 0 amide bonds. The minimum Gasteiger partial charge on any atom is -0.380 e. The zero-order valence-electron chi connectivity index (χ0n) is 12.7. The fourth-order valence-corrected chi connectivity index (χ4v) is 2.85. The van der Waals surface area contributed by atoms with E-state index >= 15 is 0 Å². The molecule has 4 nitrogen and oxygen atoms in total. The van der Waals surface area contributed by atoms with Gasteiger partial charge in [0.1, 0.15) is 10.3 Å². The van der Waals surface area contributed by atoms with E-state index in [4.69, 9.17) is 4.74 Å². The summed E-state index contributed by atoms with van der Waals surface area (Å²) in [5, 5.41) is 0. The number of hydrogen-bond acceptors (Lipinski definition) is 3. The standard InChI is InChI=1S/C16H19BrN2O2/c1-16(2,3)13-12(17)15(20)19-14(18-13)11-7-5-6-10(8-11)9-21-4/h5-8H,9H2,1-4H3,(H,18,19,20). The van der Waals surface area contributed by atoms with Gasteiger partial charge in [0.05, 0.1) is 12.3 Å². The molecule has 0 saturated carbocycles. The molecule has 21 heavy (non-hydrogen) atoms. The number of aromatic nitrogens is 2. The van der Waals surface area contributed by atoms with Crippen molar-refractivity contribution in [3.63, 3.8) is 0 Å². The van der Waals surface area contributed by atoms with Crippen molar-refractivity contribution in [1.29, 1.82) is 0 Å². The first-order chi connectivity index (χ1) is 9.82. The number of halogens is 1. The summed E-state index contributed by atoms with van der Waals surface area (Å²) < 4.78 is 5.63. The van der Waals surface area contributed by atoms with Crippen molar-refractivity contribution in [3.8, 4) is 11.4 Å². The highest BCUT2D eigenvalue weighted by Gasteiger charge is 2.22. The molecular formula is C16H19BrN2O2. The van der Waals surface area contributed by atoms with Gasteiger partial charge in [0.15, 0.2) is 0 Å². The third kappa shape index (κ3) is 3.60. The van der Waals surface area contributed by atoms with Crippen molar-refractivity contribution in [3.05, 3.63) is 50.3 Å². The molecule has 0 bridgehead atoms. The summed E-state index contributed by atoms with van der Waals surface area (Å²) in [4.78, 5) is 19.6. The predicted molar refractivity (Wildman–Crippen MR) is 87.4 cm³/mol.